The van der Waals surface area contributed by atoms with Gasteiger partial charge in [-0.1, -0.05) is 61.4 Å². The summed E-state index contributed by atoms with van der Waals surface area (Å²) < 4.78 is 5.58. The van der Waals surface area contributed by atoms with Crippen molar-refractivity contribution in [3.63, 3.8) is 0 Å². The Morgan fingerprint density at radius 1 is 1.00 bits per heavy atom. The van der Waals surface area contributed by atoms with E-state index in [1.807, 2.05) is 12.2 Å². The number of rotatable bonds is 4. The molecule has 0 saturated heterocycles. The van der Waals surface area contributed by atoms with Crippen LogP contribution in [0.1, 0.15) is 83.3 Å². The molecule has 0 aromatic heterocycles. The van der Waals surface area contributed by atoms with Crippen molar-refractivity contribution in [1.82, 2.24) is 0 Å². The highest BCUT2D eigenvalue weighted by Gasteiger charge is 2.59. The van der Waals surface area contributed by atoms with Crippen LogP contribution in [0.3, 0.4) is 0 Å². The lowest BCUT2D eigenvalue weighted by molar-refractivity contribution is -0.149. The molecule has 3 heteroatoms. The van der Waals surface area contributed by atoms with Crippen molar-refractivity contribution in [3.8, 4) is 0 Å². The molecule has 1 aromatic rings. The number of aryl methyl sites for hydroxylation is 1. The van der Waals surface area contributed by atoms with E-state index < -0.39 is 0 Å². The van der Waals surface area contributed by atoms with Crippen molar-refractivity contribution in [2.75, 3.05) is 0 Å². The van der Waals surface area contributed by atoms with Gasteiger partial charge in [-0.15, -0.1) is 0 Å². The van der Waals surface area contributed by atoms with Crippen LogP contribution in [0.5, 0.6) is 0 Å². The molecule has 0 radical (unpaired) electrons. The average molecular weight is 461 g/mol. The number of ketones is 1. The number of hydrogen-bond donors (Lipinski definition) is 0. The molecule has 182 valence electrons. The normalized spacial score (nSPS) is 39.1. The van der Waals surface area contributed by atoms with Crippen molar-refractivity contribution >= 4 is 17.8 Å². The predicted molar refractivity (Wildman–Crippen MR) is 136 cm³/mol. The van der Waals surface area contributed by atoms with E-state index >= 15 is 0 Å². The summed E-state index contributed by atoms with van der Waals surface area (Å²) in [6.45, 7) is 8.51. The Balaban J connectivity index is 1.32. The van der Waals surface area contributed by atoms with Crippen LogP contribution in [-0.2, 0) is 14.3 Å². The van der Waals surface area contributed by atoms with Gasteiger partial charge in [-0.25, -0.2) is 0 Å². The smallest absolute Gasteiger partial charge is 0.302 e. The molecule has 3 saturated carbocycles. The number of esters is 1. The van der Waals surface area contributed by atoms with Crippen LogP contribution in [0.2, 0.25) is 0 Å². The van der Waals surface area contributed by atoms with Gasteiger partial charge >= 0.3 is 5.97 Å². The molecule has 0 aliphatic heterocycles. The van der Waals surface area contributed by atoms with Gasteiger partial charge in [0.2, 0.25) is 0 Å². The molecule has 3 fully saturated rings. The fourth-order valence-electron chi connectivity index (χ4n) is 8.40. The van der Waals surface area contributed by atoms with Gasteiger partial charge in [0.25, 0.3) is 0 Å². The minimum absolute atomic E-state index is 0.0519. The Bertz CT molecular complexity index is 1020. The summed E-state index contributed by atoms with van der Waals surface area (Å²) in [6.07, 6.45) is 15.1. The Morgan fingerprint density at radius 2 is 1.76 bits per heavy atom. The zero-order valence-corrected chi connectivity index (χ0v) is 21.3. The first-order valence-electron chi connectivity index (χ1n) is 13.4. The summed E-state index contributed by atoms with van der Waals surface area (Å²) in [5.41, 5.74) is 4.22. The molecular weight excluding hydrogens is 420 g/mol. The van der Waals surface area contributed by atoms with E-state index in [1.165, 1.54) is 30.9 Å². The quantitative estimate of drug-likeness (QED) is 0.274. The van der Waals surface area contributed by atoms with E-state index in [9.17, 15) is 9.59 Å². The van der Waals surface area contributed by atoms with Crippen molar-refractivity contribution < 1.29 is 14.3 Å². The summed E-state index contributed by atoms with van der Waals surface area (Å²) in [6, 6.07) is 8.38. The highest BCUT2D eigenvalue weighted by atomic mass is 16.5. The number of carbonyl (C=O) groups excluding carboxylic acids is 2. The van der Waals surface area contributed by atoms with E-state index in [0.29, 0.717) is 23.5 Å². The molecule has 0 bridgehead atoms. The Morgan fingerprint density at radius 3 is 2.50 bits per heavy atom. The maximum atomic E-state index is 13.4. The van der Waals surface area contributed by atoms with Crippen molar-refractivity contribution in [1.29, 1.82) is 0 Å². The molecule has 7 atom stereocenters. The second kappa shape index (κ2) is 8.81. The molecule has 0 N–H and O–H groups in total. The van der Waals surface area contributed by atoms with Crippen LogP contribution in [0, 0.1) is 41.4 Å². The topological polar surface area (TPSA) is 43.4 Å². The lowest BCUT2D eigenvalue weighted by Crippen LogP contribution is -2.51. The molecule has 4 aliphatic carbocycles. The molecule has 0 spiro atoms. The van der Waals surface area contributed by atoms with E-state index in [-0.39, 0.29) is 28.8 Å². The van der Waals surface area contributed by atoms with Crippen molar-refractivity contribution in [2.45, 2.75) is 85.2 Å². The number of fused-ring (bicyclic) bond motifs is 5. The molecule has 0 amide bonds. The predicted octanol–water partition coefficient (Wildman–Crippen LogP) is 7.09. The second-order valence-electron chi connectivity index (χ2n) is 12.1. The summed E-state index contributed by atoms with van der Waals surface area (Å²) in [7, 11) is 0. The van der Waals surface area contributed by atoms with Gasteiger partial charge in [-0.3, -0.25) is 9.59 Å². The minimum atomic E-state index is -0.158. The van der Waals surface area contributed by atoms with Crippen LogP contribution in [0.15, 0.2) is 42.0 Å². The first kappa shape index (κ1) is 23.6. The summed E-state index contributed by atoms with van der Waals surface area (Å²) in [5.74, 6) is 2.32. The zero-order chi connectivity index (χ0) is 24.1. The Labute approximate surface area is 205 Å². The molecule has 7 unspecified atom stereocenters. The maximum Gasteiger partial charge on any atom is 0.302 e. The van der Waals surface area contributed by atoms with Gasteiger partial charge in [0.05, 0.1) is 0 Å². The number of ether oxygens (including phenoxy) is 1. The highest BCUT2D eigenvalue weighted by molar-refractivity contribution is 5.96. The SMILES string of the molecule is CC(=O)OC1CCC2(C)C(=CCC3C2CCC2(C)C(C(=O)C=Cc4ccc(C)cc4)CCC32)C1. The molecule has 1 aromatic carbocycles. The van der Waals surface area contributed by atoms with Gasteiger partial charge < -0.3 is 4.74 Å². The molecule has 4 aliphatic rings. The first-order chi connectivity index (χ1) is 16.2. The Kier molecular flexibility index (Phi) is 6.11. The fraction of sp³-hybridized carbons (Fsp3) is 0.613. The van der Waals surface area contributed by atoms with Crippen LogP contribution in [0.4, 0.5) is 0 Å². The molecule has 34 heavy (non-hydrogen) atoms. The highest BCUT2D eigenvalue weighted by Crippen LogP contribution is 2.66. The lowest BCUT2D eigenvalue weighted by Gasteiger charge is -2.58. The molecule has 5 rings (SSSR count). The Hall–Kier alpha value is -2.16. The van der Waals surface area contributed by atoms with Crippen LogP contribution in [0.25, 0.3) is 6.08 Å². The van der Waals surface area contributed by atoms with E-state index in [2.05, 4.69) is 51.1 Å². The van der Waals surface area contributed by atoms with Gasteiger partial charge in [0.15, 0.2) is 5.78 Å². The van der Waals surface area contributed by atoms with Crippen LogP contribution >= 0.6 is 0 Å². The number of carbonyl (C=O) groups is 2. The van der Waals surface area contributed by atoms with Crippen molar-refractivity contribution in [3.05, 3.63) is 53.1 Å². The van der Waals surface area contributed by atoms with E-state index in [4.69, 9.17) is 4.74 Å². The number of hydrogen-bond acceptors (Lipinski definition) is 3. The average Bonchev–Trinajstić information content (AvgIpc) is 3.16. The first-order valence-corrected chi connectivity index (χ1v) is 13.4. The van der Waals surface area contributed by atoms with Crippen LogP contribution < -0.4 is 0 Å². The minimum Gasteiger partial charge on any atom is -0.462 e. The molecular formula is C31H40O3. The summed E-state index contributed by atoms with van der Waals surface area (Å²) >= 11 is 0. The van der Waals surface area contributed by atoms with Gasteiger partial charge in [-0.05, 0) is 92.1 Å². The third-order valence-corrected chi connectivity index (χ3v) is 10.3. The van der Waals surface area contributed by atoms with Gasteiger partial charge in [0, 0.05) is 19.3 Å². The summed E-state index contributed by atoms with van der Waals surface area (Å²) in [5, 5.41) is 0. The van der Waals surface area contributed by atoms with Crippen LogP contribution in [-0.4, -0.2) is 17.9 Å². The van der Waals surface area contributed by atoms with E-state index in [0.717, 1.165) is 44.1 Å². The van der Waals surface area contributed by atoms with Crippen molar-refractivity contribution in [2.24, 2.45) is 34.5 Å². The largest absolute Gasteiger partial charge is 0.462 e. The molecule has 0 heterocycles. The zero-order valence-electron chi connectivity index (χ0n) is 21.3. The van der Waals surface area contributed by atoms with Gasteiger partial charge in [0.1, 0.15) is 6.10 Å². The monoisotopic (exact) mass is 460 g/mol. The third kappa shape index (κ3) is 3.99. The standard InChI is InChI=1S/C31H40O3/c1-20-5-7-22(8-6-20)9-14-29(33)28-13-12-26-25-11-10-23-19-24(34-21(2)32)15-17-30(23,3)27(25)16-18-31(26,28)4/h5-10,14,24-28H,11-13,15-19H2,1-4H3. The van der Waals surface area contributed by atoms with Gasteiger partial charge in [-0.2, -0.15) is 0 Å². The number of allylic oxidation sites excluding steroid dienone is 2. The van der Waals surface area contributed by atoms with E-state index in [1.54, 1.807) is 0 Å². The maximum absolute atomic E-state index is 13.4. The second-order valence-corrected chi connectivity index (χ2v) is 12.1. The fourth-order valence-corrected chi connectivity index (χ4v) is 8.40. The third-order valence-electron chi connectivity index (χ3n) is 10.3. The molecule has 3 nitrogen and oxygen atoms in total. The lowest BCUT2D eigenvalue weighted by atomic mass is 9.47. The summed E-state index contributed by atoms with van der Waals surface area (Å²) in [4.78, 5) is 24.9. The number of benzene rings is 1.